The van der Waals surface area contributed by atoms with E-state index in [1.54, 1.807) is 0 Å². The molecule has 0 aliphatic heterocycles. The first kappa shape index (κ1) is 16.7. The molecule has 0 atom stereocenters. The molecule has 2 rings (SSSR count). The molecule has 0 spiro atoms. The molecule has 1 aromatic heterocycles. The largest absolute Gasteiger partial charge is 0.433 e. The predicted molar refractivity (Wildman–Crippen MR) is 81.8 cm³/mol. The van der Waals surface area contributed by atoms with Crippen molar-refractivity contribution in [3.8, 4) is 0 Å². The second kappa shape index (κ2) is 6.40. The Hall–Kier alpha value is -2.13. The van der Waals surface area contributed by atoms with E-state index < -0.39 is 38.8 Å². The standard InChI is InChI=1S/C14H10ClF3N2O3S/c1-24(22,23)9-4-2-3-8(7-9)19-13(21)10-5-6-11(14(16,17)18)20-12(10)15/h2-7H,1H3,(H,19,21)/i7D. The summed E-state index contributed by atoms with van der Waals surface area (Å²) in [6.45, 7) is 0. The molecule has 0 saturated heterocycles. The van der Waals surface area contributed by atoms with Gasteiger partial charge in [0, 0.05) is 11.9 Å². The van der Waals surface area contributed by atoms with Crippen molar-refractivity contribution in [2.24, 2.45) is 0 Å². The molecule has 128 valence electrons. The summed E-state index contributed by atoms with van der Waals surface area (Å²) in [7, 11) is -3.69. The van der Waals surface area contributed by atoms with Crippen LogP contribution in [0.15, 0.2) is 41.3 Å². The van der Waals surface area contributed by atoms with E-state index in [4.69, 9.17) is 13.0 Å². The lowest BCUT2D eigenvalue weighted by molar-refractivity contribution is -0.141. The molecule has 0 radical (unpaired) electrons. The zero-order valence-electron chi connectivity index (χ0n) is 13.0. The Balaban J connectivity index is 2.36. The Morgan fingerprint density at radius 2 is 1.96 bits per heavy atom. The zero-order valence-corrected chi connectivity index (χ0v) is 13.6. The minimum absolute atomic E-state index is 0.135. The van der Waals surface area contributed by atoms with Crippen LogP contribution in [0.5, 0.6) is 0 Å². The fraction of sp³-hybridized carbons (Fsp3) is 0.143. The number of carbonyl (C=O) groups is 1. The highest BCUT2D eigenvalue weighted by atomic mass is 35.5. The van der Waals surface area contributed by atoms with Gasteiger partial charge in [0.05, 0.1) is 11.8 Å². The summed E-state index contributed by atoms with van der Waals surface area (Å²) in [4.78, 5) is 15.0. The number of benzene rings is 1. The van der Waals surface area contributed by atoms with Crippen LogP contribution in [0.1, 0.15) is 17.4 Å². The molecule has 0 bridgehead atoms. The zero-order chi connectivity index (χ0) is 19.0. The van der Waals surface area contributed by atoms with E-state index >= 15 is 0 Å². The molecule has 24 heavy (non-hydrogen) atoms. The van der Waals surface area contributed by atoms with Crippen LogP contribution in [0.4, 0.5) is 18.9 Å². The number of rotatable bonds is 3. The van der Waals surface area contributed by atoms with Gasteiger partial charge in [0.25, 0.3) is 5.91 Å². The highest BCUT2D eigenvalue weighted by molar-refractivity contribution is 7.90. The van der Waals surface area contributed by atoms with Gasteiger partial charge >= 0.3 is 6.18 Å². The Kier molecular flexibility index (Phi) is 4.46. The molecule has 0 saturated carbocycles. The molecule has 0 aliphatic carbocycles. The molecule has 1 heterocycles. The van der Waals surface area contributed by atoms with Gasteiger partial charge in [-0.2, -0.15) is 13.2 Å². The number of hydrogen-bond acceptors (Lipinski definition) is 4. The van der Waals surface area contributed by atoms with E-state index in [9.17, 15) is 26.4 Å². The first-order valence-corrected chi connectivity index (χ1v) is 8.53. The second-order valence-corrected chi connectivity index (χ2v) is 7.03. The van der Waals surface area contributed by atoms with Crippen molar-refractivity contribution >= 4 is 33.0 Å². The summed E-state index contributed by atoms with van der Waals surface area (Å²) >= 11 is 5.63. The van der Waals surface area contributed by atoms with Crippen molar-refractivity contribution in [2.75, 3.05) is 11.6 Å². The number of anilines is 1. The van der Waals surface area contributed by atoms with Crippen molar-refractivity contribution in [1.29, 1.82) is 0 Å². The van der Waals surface area contributed by atoms with Gasteiger partial charge in [-0.3, -0.25) is 4.79 Å². The van der Waals surface area contributed by atoms with Crippen LogP contribution in [0.3, 0.4) is 0 Å². The monoisotopic (exact) mass is 379 g/mol. The normalized spacial score (nSPS) is 12.6. The van der Waals surface area contributed by atoms with Gasteiger partial charge in [0.2, 0.25) is 0 Å². The Morgan fingerprint density at radius 3 is 2.50 bits per heavy atom. The van der Waals surface area contributed by atoms with Crippen molar-refractivity contribution in [3.63, 3.8) is 0 Å². The summed E-state index contributed by atoms with van der Waals surface area (Å²) in [6, 6.07) is 4.78. The molecular formula is C14H10ClF3N2O3S. The van der Waals surface area contributed by atoms with Gasteiger partial charge in [0.1, 0.15) is 10.8 Å². The van der Waals surface area contributed by atoms with E-state index in [0.29, 0.717) is 6.07 Å². The summed E-state index contributed by atoms with van der Waals surface area (Å²) < 4.78 is 68.7. The summed E-state index contributed by atoms with van der Waals surface area (Å²) in [5.74, 6) is -0.926. The van der Waals surface area contributed by atoms with Gasteiger partial charge < -0.3 is 5.32 Å². The van der Waals surface area contributed by atoms with Gasteiger partial charge in [-0.25, -0.2) is 13.4 Å². The van der Waals surface area contributed by atoms with Gasteiger partial charge in [0.15, 0.2) is 9.84 Å². The lowest BCUT2D eigenvalue weighted by Gasteiger charge is -2.10. The minimum Gasteiger partial charge on any atom is -0.322 e. The number of nitrogens with zero attached hydrogens (tertiary/aromatic N) is 1. The molecule has 1 amide bonds. The predicted octanol–water partition coefficient (Wildman–Crippen LogP) is 3.41. The van der Waals surface area contributed by atoms with Crippen LogP contribution in [0, 0.1) is 0 Å². The second-order valence-electron chi connectivity index (χ2n) is 4.69. The fourth-order valence-electron chi connectivity index (χ4n) is 1.69. The van der Waals surface area contributed by atoms with Crippen LogP contribution < -0.4 is 5.32 Å². The number of aromatic nitrogens is 1. The minimum atomic E-state index is -4.71. The first-order valence-electron chi connectivity index (χ1n) is 6.76. The highest BCUT2D eigenvalue weighted by Crippen LogP contribution is 2.29. The maximum Gasteiger partial charge on any atom is 0.433 e. The van der Waals surface area contributed by atoms with Gasteiger partial charge in [-0.05, 0) is 30.3 Å². The SMILES string of the molecule is [2H]c1c(NC(=O)c2ccc(C(F)(F)F)nc2Cl)cccc1S(C)(=O)=O. The Bertz CT molecular complexity index is 949. The first-order chi connectivity index (χ1) is 11.4. The van der Waals surface area contributed by atoms with E-state index in [1.165, 1.54) is 18.2 Å². The van der Waals surface area contributed by atoms with E-state index in [1.807, 2.05) is 0 Å². The summed E-state index contributed by atoms with van der Waals surface area (Å²) in [5.41, 5.74) is -1.74. The van der Waals surface area contributed by atoms with Crippen LogP contribution >= 0.6 is 11.6 Å². The molecule has 0 unspecified atom stereocenters. The maximum absolute atomic E-state index is 12.6. The maximum atomic E-state index is 12.6. The summed E-state index contributed by atoms with van der Waals surface area (Å²) in [5, 5.41) is 1.57. The number of sulfone groups is 1. The molecule has 0 aliphatic rings. The molecule has 5 nitrogen and oxygen atoms in total. The smallest absolute Gasteiger partial charge is 0.322 e. The van der Waals surface area contributed by atoms with Gasteiger partial charge in [-0.1, -0.05) is 17.7 Å². The lowest BCUT2D eigenvalue weighted by Crippen LogP contribution is -2.15. The number of hydrogen-bond donors (Lipinski definition) is 1. The van der Waals surface area contributed by atoms with Crippen LogP contribution in [-0.2, 0) is 16.0 Å². The topological polar surface area (TPSA) is 76.1 Å². The Morgan fingerprint density at radius 1 is 1.29 bits per heavy atom. The molecular weight excluding hydrogens is 369 g/mol. The van der Waals surface area contributed by atoms with Crippen molar-refractivity contribution in [3.05, 3.63) is 52.8 Å². The molecule has 10 heteroatoms. The van der Waals surface area contributed by atoms with Crippen molar-refractivity contribution in [1.82, 2.24) is 4.98 Å². The highest BCUT2D eigenvalue weighted by Gasteiger charge is 2.33. The third-order valence-corrected chi connectivity index (χ3v) is 4.13. The van der Waals surface area contributed by atoms with Crippen molar-refractivity contribution in [2.45, 2.75) is 11.1 Å². The molecule has 1 N–H and O–H groups in total. The third-order valence-electron chi connectivity index (χ3n) is 2.80. The average molecular weight is 380 g/mol. The Labute approximate surface area is 141 Å². The van der Waals surface area contributed by atoms with E-state index in [0.717, 1.165) is 12.3 Å². The number of amides is 1. The van der Waals surface area contributed by atoms with Crippen LogP contribution in [0.25, 0.3) is 0 Å². The number of carbonyl (C=O) groups excluding carboxylic acids is 1. The summed E-state index contributed by atoms with van der Waals surface area (Å²) in [6.07, 6.45) is -3.81. The third kappa shape index (κ3) is 4.24. The van der Waals surface area contributed by atoms with Crippen LogP contribution in [-0.4, -0.2) is 25.6 Å². The lowest BCUT2D eigenvalue weighted by atomic mass is 10.2. The van der Waals surface area contributed by atoms with E-state index in [2.05, 4.69) is 10.3 Å². The number of alkyl halides is 3. The van der Waals surface area contributed by atoms with Crippen molar-refractivity contribution < 1.29 is 27.8 Å². The van der Waals surface area contributed by atoms with Gasteiger partial charge in [-0.15, -0.1) is 0 Å². The number of halogens is 4. The number of pyridine rings is 1. The van der Waals surface area contributed by atoms with E-state index in [-0.39, 0.29) is 16.1 Å². The quantitative estimate of drug-likeness (QED) is 0.829. The average Bonchev–Trinajstić information content (AvgIpc) is 2.47. The molecule has 2 aromatic rings. The fourth-order valence-corrected chi connectivity index (χ4v) is 2.55. The van der Waals surface area contributed by atoms with Crippen LogP contribution in [0.2, 0.25) is 5.15 Å². The molecule has 1 aromatic carbocycles. The molecule has 0 fully saturated rings. The number of nitrogens with one attached hydrogen (secondary N) is 1.